The van der Waals surface area contributed by atoms with Crippen LogP contribution >= 0.6 is 0 Å². The van der Waals surface area contributed by atoms with Crippen LogP contribution in [-0.4, -0.2) is 57.6 Å². The van der Waals surface area contributed by atoms with Crippen LogP contribution in [0.5, 0.6) is 0 Å². The van der Waals surface area contributed by atoms with Crippen LogP contribution in [0.1, 0.15) is 29.5 Å². The van der Waals surface area contributed by atoms with Crippen molar-refractivity contribution in [2.24, 2.45) is 0 Å². The zero-order chi connectivity index (χ0) is 20.2. The fraction of sp³-hybridized carbons (Fsp3) is 0.571. The molecule has 1 saturated heterocycles. The number of piperidine rings is 1. The van der Waals surface area contributed by atoms with Gasteiger partial charge in [0.2, 0.25) is 0 Å². The van der Waals surface area contributed by atoms with Crippen molar-refractivity contribution in [2.75, 3.05) is 45.9 Å². The average Bonchev–Trinajstić information content (AvgIpc) is 2.58. The lowest BCUT2D eigenvalue weighted by molar-refractivity contribution is -0.0555. The fourth-order valence-electron chi connectivity index (χ4n) is 4.20. The summed E-state index contributed by atoms with van der Waals surface area (Å²) >= 11 is 0. The molecule has 150 valence electrons. The van der Waals surface area contributed by atoms with Crippen LogP contribution in [0.4, 0.5) is 5.69 Å². The molecule has 0 unspecified atom stereocenters. The van der Waals surface area contributed by atoms with Crippen molar-refractivity contribution in [2.45, 2.75) is 39.2 Å². The van der Waals surface area contributed by atoms with Crippen LogP contribution in [0, 0.1) is 26.2 Å². The molecule has 1 heterocycles. The molecule has 0 spiro atoms. The van der Waals surface area contributed by atoms with Crippen molar-refractivity contribution < 1.29 is 14.6 Å². The standard InChI is InChI=1S/C21H33N3O3/c1-14-10-15(2)18(16(3)11-14)24-9-7-8-17(20(24)22)19(23-4)21(25,12-26-5)13-27-6/h10-11,22-23,25H,7-9,12-13H2,1-6H3/b19-17-,22-20?. The van der Waals surface area contributed by atoms with Crippen LogP contribution in [0.25, 0.3) is 0 Å². The van der Waals surface area contributed by atoms with Crippen molar-refractivity contribution in [1.82, 2.24) is 5.32 Å². The Morgan fingerprint density at radius 3 is 2.22 bits per heavy atom. The number of anilines is 1. The highest BCUT2D eigenvalue weighted by atomic mass is 16.5. The third-order valence-electron chi connectivity index (χ3n) is 5.05. The first-order valence-corrected chi connectivity index (χ1v) is 9.35. The second-order valence-electron chi connectivity index (χ2n) is 7.35. The summed E-state index contributed by atoms with van der Waals surface area (Å²) in [6.45, 7) is 7.24. The number of aliphatic hydroxyl groups is 1. The van der Waals surface area contributed by atoms with Gasteiger partial charge >= 0.3 is 0 Å². The molecule has 1 aromatic carbocycles. The molecule has 27 heavy (non-hydrogen) atoms. The van der Waals surface area contributed by atoms with Crippen molar-refractivity contribution >= 4 is 11.5 Å². The van der Waals surface area contributed by atoms with E-state index in [-0.39, 0.29) is 13.2 Å². The summed E-state index contributed by atoms with van der Waals surface area (Å²) in [5.41, 5.74) is 4.71. The SMILES string of the molecule is CN/C(=C1/CCCN(c2c(C)cc(C)cc2C)C1=N)C(O)(COC)COC. The number of nitrogens with one attached hydrogen (secondary N) is 2. The predicted octanol–water partition coefficient (Wildman–Crippen LogP) is 2.69. The number of hydrogen-bond donors (Lipinski definition) is 3. The lowest BCUT2D eigenvalue weighted by Gasteiger charge is -2.38. The van der Waals surface area contributed by atoms with Crippen LogP contribution in [0.15, 0.2) is 23.4 Å². The quantitative estimate of drug-likeness (QED) is 0.683. The van der Waals surface area contributed by atoms with Gasteiger partial charge in [0.1, 0.15) is 5.84 Å². The number of rotatable bonds is 7. The summed E-state index contributed by atoms with van der Waals surface area (Å²) in [6, 6.07) is 4.30. The first-order valence-electron chi connectivity index (χ1n) is 9.35. The number of likely N-dealkylation sites (N-methyl/N-ethyl adjacent to an activating group) is 1. The molecule has 0 radical (unpaired) electrons. The van der Waals surface area contributed by atoms with Crippen LogP contribution in [-0.2, 0) is 9.47 Å². The molecule has 6 heteroatoms. The number of benzene rings is 1. The second kappa shape index (κ2) is 8.87. The minimum atomic E-state index is -1.32. The zero-order valence-corrected chi connectivity index (χ0v) is 17.4. The van der Waals surface area contributed by atoms with E-state index in [1.165, 1.54) is 5.56 Å². The second-order valence-corrected chi connectivity index (χ2v) is 7.35. The number of hydrogen-bond acceptors (Lipinski definition) is 5. The summed E-state index contributed by atoms with van der Waals surface area (Å²) in [5.74, 6) is 0.422. The van der Waals surface area contributed by atoms with E-state index in [0.717, 1.165) is 41.8 Å². The molecule has 0 aliphatic carbocycles. The Hall–Kier alpha value is -1.89. The van der Waals surface area contributed by atoms with Gasteiger partial charge in [-0.1, -0.05) is 17.7 Å². The minimum Gasteiger partial charge on any atom is -0.389 e. The molecule has 1 aliphatic heterocycles. The highest BCUT2D eigenvalue weighted by molar-refractivity contribution is 6.09. The van der Waals surface area contributed by atoms with Gasteiger partial charge in [0.15, 0.2) is 5.60 Å². The van der Waals surface area contributed by atoms with Gasteiger partial charge in [-0.05, 0) is 44.7 Å². The van der Waals surface area contributed by atoms with E-state index in [1.807, 2.05) is 0 Å². The van der Waals surface area contributed by atoms with Crippen molar-refractivity contribution in [3.05, 3.63) is 40.1 Å². The average molecular weight is 376 g/mol. The molecule has 0 saturated carbocycles. The Morgan fingerprint density at radius 1 is 1.19 bits per heavy atom. The lowest BCUT2D eigenvalue weighted by atomic mass is 9.90. The van der Waals surface area contributed by atoms with Crippen LogP contribution < -0.4 is 10.2 Å². The topological polar surface area (TPSA) is 77.8 Å². The summed E-state index contributed by atoms with van der Waals surface area (Å²) in [5, 5.41) is 23.2. The van der Waals surface area contributed by atoms with Crippen LogP contribution in [0.2, 0.25) is 0 Å². The number of ether oxygens (including phenoxy) is 2. The van der Waals surface area contributed by atoms with E-state index in [0.29, 0.717) is 11.5 Å². The molecule has 0 bridgehead atoms. The molecule has 1 fully saturated rings. The van der Waals surface area contributed by atoms with Gasteiger partial charge in [-0.3, -0.25) is 5.41 Å². The molecule has 3 N–H and O–H groups in total. The number of aryl methyl sites for hydroxylation is 3. The molecular formula is C21H33N3O3. The Labute approximate surface area is 162 Å². The van der Waals surface area contributed by atoms with Crippen molar-refractivity contribution in [1.29, 1.82) is 5.41 Å². The zero-order valence-electron chi connectivity index (χ0n) is 17.4. The van der Waals surface area contributed by atoms with E-state index in [1.54, 1.807) is 21.3 Å². The van der Waals surface area contributed by atoms with Gasteiger partial charge in [0.25, 0.3) is 0 Å². The highest BCUT2D eigenvalue weighted by Gasteiger charge is 2.37. The summed E-state index contributed by atoms with van der Waals surface area (Å²) in [7, 11) is 4.87. The summed E-state index contributed by atoms with van der Waals surface area (Å²) in [6.07, 6.45) is 1.64. The molecule has 2 rings (SSSR count). The Morgan fingerprint density at radius 2 is 1.74 bits per heavy atom. The largest absolute Gasteiger partial charge is 0.389 e. The van der Waals surface area contributed by atoms with E-state index in [2.05, 4.69) is 43.1 Å². The third kappa shape index (κ3) is 4.34. The van der Waals surface area contributed by atoms with E-state index >= 15 is 0 Å². The van der Waals surface area contributed by atoms with Gasteiger partial charge in [-0.2, -0.15) is 0 Å². The Bertz CT molecular complexity index is 698. The molecule has 0 aromatic heterocycles. The molecule has 0 atom stereocenters. The minimum absolute atomic E-state index is 0.0936. The van der Waals surface area contributed by atoms with E-state index in [9.17, 15) is 5.11 Å². The Kier molecular flexibility index (Phi) is 7.03. The maximum Gasteiger partial charge on any atom is 0.151 e. The Balaban J connectivity index is 2.52. The first kappa shape index (κ1) is 21.4. The van der Waals surface area contributed by atoms with E-state index in [4.69, 9.17) is 14.9 Å². The van der Waals surface area contributed by atoms with Crippen molar-refractivity contribution in [3.63, 3.8) is 0 Å². The predicted molar refractivity (Wildman–Crippen MR) is 110 cm³/mol. The van der Waals surface area contributed by atoms with E-state index < -0.39 is 5.60 Å². The maximum atomic E-state index is 11.2. The van der Waals surface area contributed by atoms with Gasteiger partial charge < -0.3 is 24.8 Å². The van der Waals surface area contributed by atoms with Gasteiger partial charge in [-0.25, -0.2) is 0 Å². The molecule has 0 amide bonds. The van der Waals surface area contributed by atoms with Crippen molar-refractivity contribution in [3.8, 4) is 0 Å². The summed E-state index contributed by atoms with van der Waals surface area (Å²) < 4.78 is 10.5. The van der Waals surface area contributed by atoms with Gasteiger partial charge in [0.05, 0.1) is 18.9 Å². The van der Waals surface area contributed by atoms with Gasteiger partial charge in [0, 0.05) is 39.1 Å². The summed E-state index contributed by atoms with van der Waals surface area (Å²) in [4.78, 5) is 2.06. The fourth-order valence-corrected chi connectivity index (χ4v) is 4.20. The monoisotopic (exact) mass is 375 g/mol. The highest BCUT2D eigenvalue weighted by Crippen LogP contribution is 2.33. The number of nitrogens with zero attached hydrogens (tertiary/aromatic N) is 1. The number of amidine groups is 1. The lowest BCUT2D eigenvalue weighted by Crippen LogP contribution is -2.49. The molecule has 1 aromatic rings. The first-order chi connectivity index (χ1) is 12.8. The normalized spacial score (nSPS) is 17.3. The number of methoxy groups -OCH3 is 2. The smallest absolute Gasteiger partial charge is 0.151 e. The molecule has 6 nitrogen and oxygen atoms in total. The molecule has 1 aliphatic rings. The maximum absolute atomic E-state index is 11.2. The molecular weight excluding hydrogens is 342 g/mol. The van der Waals surface area contributed by atoms with Crippen LogP contribution in [0.3, 0.4) is 0 Å². The van der Waals surface area contributed by atoms with Gasteiger partial charge in [-0.15, -0.1) is 0 Å². The third-order valence-corrected chi connectivity index (χ3v) is 5.05.